The summed E-state index contributed by atoms with van der Waals surface area (Å²) in [5, 5.41) is 10.7. The van der Waals surface area contributed by atoms with Crippen molar-refractivity contribution >= 4 is 22.6 Å². The molecule has 0 fully saturated rings. The molecule has 0 spiro atoms. The predicted octanol–water partition coefficient (Wildman–Crippen LogP) is 5.54. The number of fused-ring (bicyclic) bond motifs is 9. The second-order valence-electron chi connectivity index (χ2n) is 9.38. The quantitative estimate of drug-likeness (QED) is 0.306. The van der Waals surface area contributed by atoms with Crippen molar-refractivity contribution < 1.29 is 18.3 Å². The summed E-state index contributed by atoms with van der Waals surface area (Å²) in [6, 6.07) is 20.5. The third kappa shape index (κ3) is 3.41. The van der Waals surface area contributed by atoms with E-state index in [1.165, 1.54) is 12.1 Å². The summed E-state index contributed by atoms with van der Waals surface area (Å²) in [6.07, 6.45) is -0.577. The lowest BCUT2D eigenvalue weighted by molar-refractivity contribution is 0.0857. The molecule has 1 amide bonds. The first-order chi connectivity index (χ1) is 18.0. The summed E-state index contributed by atoms with van der Waals surface area (Å²) in [5.74, 6) is -0.983. The van der Waals surface area contributed by atoms with E-state index < -0.39 is 11.6 Å². The molecule has 5 aromatic rings. The summed E-state index contributed by atoms with van der Waals surface area (Å²) in [6.45, 7) is 0.350. The maximum Gasteiger partial charge on any atom is 0.251 e. The fraction of sp³-hybridized carbons (Fsp3) is 0.103. The van der Waals surface area contributed by atoms with Gasteiger partial charge >= 0.3 is 0 Å². The van der Waals surface area contributed by atoms with Crippen LogP contribution in [0.2, 0.25) is 0 Å². The Bertz CT molecular complexity index is 1750. The molecule has 0 radical (unpaired) electrons. The topological polar surface area (TPSA) is 93.0 Å². The zero-order valence-electron chi connectivity index (χ0n) is 19.4. The molecule has 2 aliphatic heterocycles. The minimum atomic E-state index is -0.615. The van der Waals surface area contributed by atoms with Crippen LogP contribution in [-0.2, 0) is 11.3 Å². The van der Waals surface area contributed by atoms with Crippen LogP contribution < -0.4 is 11.1 Å². The minimum Gasteiger partial charge on any atom is -0.382 e. The molecule has 0 unspecified atom stereocenters. The van der Waals surface area contributed by atoms with Crippen LogP contribution in [0, 0.1) is 11.6 Å². The molecule has 4 N–H and O–H groups in total. The second-order valence-corrected chi connectivity index (χ2v) is 9.38. The summed E-state index contributed by atoms with van der Waals surface area (Å²) in [4.78, 5) is 13.0. The van der Waals surface area contributed by atoms with E-state index in [9.17, 15) is 13.6 Å². The van der Waals surface area contributed by atoms with Gasteiger partial charge in [-0.05, 0) is 75.8 Å². The van der Waals surface area contributed by atoms with Gasteiger partial charge in [0, 0.05) is 29.1 Å². The Morgan fingerprint density at radius 3 is 2.54 bits per heavy atom. The van der Waals surface area contributed by atoms with Crippen LogP contribution in [0.15, 0.2) is 72.8 Å². The Morgan fingerprint density at radius 1 is 0.919 bits per heavy atom. The highest BCUT2D eigenvalue weighted by molar-refractivity contribution is 5.95. The average molecular weight is 495 g/mol. The number of hydrogen-bond donors (Lipinski definition) is 3. The van der Waals surface area contributed by atoms with Crippen LogP contribution in [0.3, 0.4) is 0 Å². The van der Waals surface area contributed by atoms with Gasteiger partial charge in [0.05, 0.1) is 5.52 Å². The summed E-state index contributed by atoms with van der Waals surface area (Å²) < 4.78 is 34.0. The minimum absolute atomic E-state index is 0.197. The number of aromatic nitrogens is 2. The van der Waals surface area contributed by atoms with Crippen molar-refractivity contribution in [3.63, 3.8) is 0 Å². The molecule has 2 atom stereocenters. The Hall–Kier alpha value is -4.56. The highest BCUT2D eigenvalue weighted by atomic mass is 19.1. The molecule has 0 saturated carbocycles. The first-order valence-electron chi connectivity index (χ1n) is 11.9. The fourth-order valence-corrected chi connectivity index (χ4v) is 5.36. The number of nitrogens with one attached hydrogen (secondary N) is 2. The number of halogens is 2. The van der Waals surface area contributed by atoms with Gasteiger partial charge in [-0.15, -0.1) is 0 Å². The third-order valence-corrected chi connectivity index (χ3v) is 7.19. The van der Waals surface area contributed by atoms with Crippen molar-refractivity contribution in [2.24, 2.45) is 0 Å². The number of nitrogen functional groups attached to an aromatic ring is 1. The number of H-pyrrole nitrogens is 1. The molecule has 0 saturated heterocycles. The Balaban J connectivity index is 1.14. The molecule has 4 aromatic carbocycles. The van der Waals surface area contributed by atoms with Gasteiger partial charge in [0.25, 0.3) is 5.91 Å². The lowest BCUT2D eigenvalue weighted by Crippen LogP contribution is -2.23. The molecule has 6 nitrogen and oxygen atoms in total. The van der Waals surface area contributed by atoms with Crippen molar-refractivity contribution in [2.75, 3.05) is 5.73 Å². The lowest BCUT2D eigenvalue weighted by Gasteiger charge is -2.18. The van der Waals surface area contributed by atoms with Crippen LogP contribution in [0.25, 0.3) is 22.0 Å². The van der Waals surface area contributed by atoms with E-state index in [0.717, 1.165) is 44.8 Å². The van der Waals surface area contributed by atoms with E-state index in [1.54, 1.807) is 6.07 Å². The monoisotopic (exact) mass is 494 g/mol. The van der Waals surface area contributed by atoms with Crippen LogP contribution in [0.1, 0.15) is 50.4 Å². The molecular formula is C29H20F2N4O2. The Kier molecular flexibility index (Phi) is 4.68. The number of rotatable bonds is 4. The number of carbonyl (C=O) groups is 1. The molecular weight excluding hydrogens is 474 g/mol. The predicted molar refractivity (Wildman–Crippen MR) is 135 cm³/mol. The molecule has 1 aromatic heterocycles. The van der Waals surface area contributed by atoms with E-state index in [-0.39, 0.29) is 18.1 Å². The maximum atomic E-state index is 14.4. The normalized spacial score (nSPS) is 17.1. The van der Waals surface area contributed by atoms with Crippen LogP contribution >= 0.6 is 0 Å². The van der Waals surface area contributed by atoms with Gasteiger partial charge in [-0.3, -0.25) is 9.89 Å². The number of benzene rings is 4. The van der Waals surface area contributed by atoms with Gasteiger partial charge in [-0.25, -0.2) is 8.78 Å². The van der Waals surface area contributed by atoms with Crippen molar-refractivity contribution in [3.05, 3.63) is 118 Å². The van der Waals surface area contributed by atoms with Gasteiger partial charge in [-0.2, -0.15) is 5.10 Å². The first kappa shape index (κ1) is 21.7. The number of aromatic amines is 1. The van der Waals surface area contributed by atoms with Crippen molar-refractivity contribution in [1.82, 2.24) is 15.5 Å². The van der Waals surface area contributed by atoms with Gasteiger partial charge in [0.1, 0.15) is 23.8 Å². The molecule has 0 aliphatic carbocycles. The van der Waals surface area contributed by atoms with Crippen molar-refractivity contribution in [2.45, 2.75) is 18.8 Å². The average Bonchev–Trinajstić information content (AvgIpc) is 3.59. The van der Waals surface area contributed by atoms with Gasteiger partial charge in [0.2, 0.25) is 0 Å². The van der Waals surface area contributed by atoms with E-state index >= 15 is 0 Å². The SMILES string of the molecule is Nc1n[nH]c2cc(CNC(=O)c3ccc4c(c3)[C@@H]3O[C@H]4c4ccc(-c5ccc(F)cc5F)cc43)ccc12. The molecule has 37 heavy (non-hydrogen) atoms. The van der Waals surface area contributed by atoms with Crippen molar-refractivity contribution in [1.29, 1.82) is 0 Å². The smallest absolute Gasteiger partial charge is 0.251 e. The zero-order valence-corrected chi connectivity index (χ0v) is 19.4. The van der Waals surface area contributed by atoms with E-state index in [0.29, 0.717) is 29.1 Å². The van der Waals surface area contributed by atoms with Gasteiger partial charge < -0.3 is 15.8 Å². The number of carbonyl (C=O) groups excluding carboxylic acids is 1. The molecule has 8 heteroatoms. The maximum absolute atomic E-state index is 14.4. The number of nitrogens with zero attached hydrogens (tertiary/aromatic N) is 1. The highest BCUT2D eigenvalue weighted by Crippen LogP contribution is 2.54. The van der Waals surface area contributed by atoms with E-state index in [4.69, 9.17) is 10.5 Å². The molecule has 2 aliphatic rings. The van der Waals surface area contributed by atoms with E-state index in [2.05, 4.69) is 15.5 Å². The number of nitrogens with two attached hydrogens (primary N) is 1. The Labute approximate surface area is 210 Å². The first-order valence-corrected chi connectivity index (χ1v) is 11.9. The van der Waals surface area contributed by atoms with Gasteiger partial charge in [0.15, 0.2) is 5.82 Å². The number of anilines is 1. The Morgan fingerprint density at radius 2 is 1.70 bits per heavy atom. The summed E-state index contributed by atoms with van der Waals surface area (Å²) in [7, 11) is 0. The number of amides is 1. The highest BCUT2D eigenvalue weighted by Gasteiger charge is 2.43. The van der Waals surface area contributed by atoms with Crippen LogP contribution in [-0.4, -0.2) is 16.1 Å². The number of ether oxygens (including phenoxy) is 1. The fourth-order valence-electron chi connectivity index (χ4n) is 5.36. The standard InChI is InChI=1S/C29H20F2N4O2/c30-17-4-8-18(24(31)12-17)15-2-6-19-22(10-15)27-23-11-16(3-7-20(23)26(19)37-27)29(36)33-13-14-1-5-21-25(9-14)34-35-28(21)32/h1-12,26-27H,13H2,(H,33,36)(H3,32,34,35)/t26-,27+/m0/s1. The third-order valence-electron chi connectivity index (χ3n) is 7.19. The second kappa shape index (κ2) is 7.97. The summed E-state index contributed by atoms with van der Waals surface area (Å²) >= 11 is 0. The van der Waals surface area contributed by atoms with E-state index in [1.807, 2.05) is 48.5 Å². The zero-order chi connectivity index (χ0) is 25.3. The number of hydrogen-bond acceptors (Lipinski definition) is 4. The van der Waals surface area contributed by atoms with Gasteiger partial charge in [-0.1, -0.05) is 24.3 Å². The summed E-state index contributed by atoms with van der Waals surface area (Å²) in [5.41, 5.74) is 13.0. The molecule has 182 valence electrons. The molecule has 2 bridgehead atoms. The van der Waals surface area contributed by atoms with Crippen LogP contribution in [0.4, 0.5) is 14.6 Å². The lowest BCUT2D eigenvalue weighted by atomic mass is 9.83. The van der Waals surface area contributed by atoms with Crippen LogP contribution in [0.5, 0.6) is 0 Å². The largest absolute Gasteiger partial charge is 0.382 e. The van der Waals surface area contributed by atoms with Crippen molar-refractivity contribution in [3.8, 4) is 11.1 Å². The molecule has 3 heterocycles. The molecule has 7 rings (SSSR count).